The summed E-state index contributed by atoms with van der Waals surface area (Å²) in [5, 5.41) is 4.25. The van der Waals surface area contributed by atoms with E-state index in [-0.39, 0.29) is 0 Å². The van der Waals surface area contributed by atoms with Crippen LogP contribution in [0.25, 0.3) is 10.9 Å². The standard InChI is InChI=1S/C18H19N3O2/c1-11-7-12(2)9-13(8-11)21-18-14-5-6-15(22-3)17(23-4)16(14)19-10-20-18/h5-10H,1-4H3,(H,19,20,21). The zero-order valence-electron chi connectivity index (χ0n) is 13.7. The Bertz CT molecular complexity index is 842. The van der Waals surface area contributed by atoms with Crippen LogP contribution in [0.2, 0.25) is 0 Å². The highest BCUT2D eigenvalue weighted by Crippen LogP contribution is 2.36. The number of benzene rings is 2. The van der Waals surface area contributed by atoms with Crippen molar-refractivity contribution in [3.05, 3.63) is 47.8 Å². The van der Waals surface area contributed by atoms with Crippen LogP contribution >= 0.6 is 0 Å². The summed E-state index contributed by atoms with van der Waals surface area (Å²) >= 11 is 0. The molecule has 5 nitrogen and oxygen atoms in total. The van der Waals surface area contributed by atoms with Crippen molar-refractivity contribution in [2.75, 3.05) is 19.5 Å². The van der Waals surface area contributed by atoms with Gasteiger partial charge in [-0.05, 0) is 49.2 Å². The van der Waals surface area contributed by atoms with Crippen LogP contribution in [0.5, 0.6) is 11.5 Å². The summed E-state index contributed by atoms with van der Waals surface area (Å²) in [6, 6.07) is 10.1. The van der Waals surface area contributed by atoms with Crippen LogP contribution in [0, 0.1) is 13.8 Å². The minimum atomic E-state index is 0.607. The molecule has 1 heterocycles. The number of ether oxygens (including phenoxy) is 2. The lowest BCUT2D eigenvalue weighted by Gasteiger charge is -2.13. The molecule has 0 fully saturated rings. The van der Waals surface area contributed by atoms with Crippen molar-refractivity contribution in [1.82, 2.24) is 9.97 Å². The second-order valence-electron chi connectivity index (χ2n) is 5.42. The molecule has 0 bridgehead atoms. The normalized spacial score (nSPS) is 10.6. The average Bonchev–Trinajstić information content (AvgIpc) is 2.53. The fourth-order valence-electron chi connectivity index (χ4n) is 2.73. The van der Waals surface area contributed by atoms with Gasteiger partial charge in [0.25, 0.3) is 0 Å². The monoisotopic (exact) mass is 309 g/mol. The maximum atomic E-state index is 5.45. The van der Waals surface area contributed by atoms with Crippen LogP contribution in [0.1, 0.15) is 11.1 Å². The van der Waals surface area contributed by atoms with Gasteiger partial charge in [0, 0.05) is 11.1 Å². The lowest BCUT2D eigenvalue weighted by atomic mass is 10.1. The SMILES string of the molecule is COc1ccc2c(Nc3cc(C)cc(C)c3)ncnc2c1OC. The first kappa shape index (κ1) is 15.1. The zero-order valence-corrected chi connectivity index (χ0v) is 13.7. The number of nitrogens with one attached hydrogen (secondary N) is 1. The maximum absolute atomic E-state index is 5.45. The van der Waals surface area contributed by atoms with E-state index in [1.165, 1.54) is 17.5 Å². The van der Waals surface area contributed by atoms with Crippen molar-refractivity contribution in [3.8, 4) is 11.5 Å². The number of hydrogen-bond donors (Lipinski definition) is 1. The molecular formula is C18H19N3O2. The molecule has 3 rings (SSSR count). The predicted octanol–water partition coefficient (Wildman–Crippen LogP) is 4.01. The summed E-state index contributed by atoms with van der Waals surface area (Å²) in [7, 11) is 3.22. The third kappa shape index (κ3) is 2.90. The lowest BCUT2D eigenvalue weighted by Crippen LogP contribution is -1.99. The van der Waals surface area contributed by atoms with Gasteiger partial charge in [0.05, 0.1) is 14.2 Å². The highest BCUT2D eigenvalue weighted by molar-refractivity contribution is 5.95. The van der Waals surface area contributed by atoms with Gasteiger partial charge in [-0.25, -0.2) is 9.97 Å². The van der Waals surface area contributed by atoms with Crippen LogP contribution in [0.15, 0.2) is 36.7 Å². The first-order valence-electron chi connectivity index (χ1n) is 7.33. The number of nitrogens with zero attached hydrogens (tertiary/aromatic N) is 2. The van der Waals surface area contributed by atoms with Gasteiger partial charge in [-0.3, -0.25) is 0 Å². The molecule has 0 amide bonds. The number of rotatable bonds is 4. The highest BCUT2D eigenvalue weighted by Gasteiger charge is 2.13. The minimum absolute atomic E-state index is 0.607. The molecule has 2 aromatic carbocycles. The van der Waals surface area contributed by atoms with E-state index >= 15 is 0 Å². The van der Waals surface area contributed by atoms with E-state index in [1.54, 1.807) is 14.2 Å². The number of fused-ring (bicyclic) bond motifs is 1. The van der Waals surface area contributed by atoms with Crippen LogP contribution in [0.4, 0.5) is 11.5 Å². The molecular weight excluding hydrogens is 290 g/mol. The topological polar surface area (TPSA) is 56.3 Å². The molecule has 0 aliphatic rings. The van der Waals surface area contributed by atoms with E-state index in [9.17, 15) is 0 Å². The van der Waals surface area contributed by atoms with Crippen molar-refractivity contribution in [2.24, 2.45) is 0 Å². The smallest absolute Gasteiger partial charge is 0.187 e. The molecule has 0 spiro atoms. The summed E-state index contributed by atoms with van der Waals surface area (Å²) in [6.07, 6.45) is 1.52. The van der Waals surface area contributed by atoms with Gasteiger partial charge in [-0.15, -0.1) is 0 Å². The van der Waals surface area contributed by atoms with E-state index < -0.39 is 0 Å². The second kappa shape index (κ2) is 6.12. The minimum Gasteiger partial charge on any atom is -0.493 e. The van der Waals surface area contributed by atoms with Crippen LogP contribution in [0.3, 0.4) is 0 Å². The number of hydrogen-bond acceptors (Lipinski definition) is 5. The fraction of sp³-hybridized carbons (Fsp3) is 0.222. The average molecular weight is 309 g/mol. The Morgan fingerprint density at radius 3 is 2.30 bits per heavy atom. The van der Waals surface area contributed by atoms with E-state index in [2.05, 4.69) is 47.3 Å². The fourth-order valence-corrected chi connectivity index (χ4v) is 2.73. The molecule has 0 aliphatic heterocycles. The van der Waals surface area contributed by atoms with Crippen molar-refractivity contribution in [3.63, 3.8) is 0 Å². The zero-order chi connectivity index (χ0) is 16.4. The Labute approximate surface area is 135 Å². The van der Waals surface area contributed by atoms with Crippen molar-refractivity contribution in [2.45, 2.75) is 13.8 Å². The van der Waals surface area contributed by atoms with Gasteiger partial charge < -0.3 is 14.8 Å². The summed E-state index contributed by atoms with van der Waals surface area (Å²) in [6.45, 7) is 4.15. The predicted molar refractivity (Wildman–Crippen MR) is 91.8 cm³/mol. The molecule has 5 heteroatoms. The number of aromatic nitrogens is 2. The Balaban J connectivity index is 2.11. The molecule has 0 unspecified atom stereocenters. The number of aryl methyl sites for hydroxylation is 2. The molecule has 0 saturated heterocycles. The van der Waals surface area contributed by atoms with E-state index in [4.69, 9.17) is 9.47 Å². The molecule has 0 atom stereocenters. The number of methoxy groups -OCH3 is 2. The van der Waals surface area contributed by atoms with Crippen molar-refractivity contribution < 1.29 is 9.47 Å². The van der Waals surface area contributed by atoms with Crippen molar-refractivity contribution in [1.29, 1.82) is 0 Å². The first-order chi connectivity index (χ1) is 11.1. The van der Waals surface area contributed by atoms with Gasteiger partial charge in [-0.1, -0.05) is 6.07 Å². The number of anilines is 2. The Kier molecular flexibility index (Phi) is 4.02. The molecule has 0 aliphatic carbocycles. The van der Waals surface area contributed by atoms with Crippen molar-refractivity contribution >= 4 is 22.4 Å². The Morgan fingerprint density at radius 2 is 1.65 bits per heavy atom. The van der Waals surface area contributed by atoms with Crippen LogP contribution < -0.4 is 14.8 Å². The molecule has 1 N–H and O–H groups in total. The van der Waals surface area contributed by atoms with Gasteiger partial charge in [0.1, 0.15) is 17.7 Å². The third-order valence-electron chi connectivity index (χ3n) is 3.63. The summed E-state index contributed by atoms with van der Waals surface area (Å²) < 4.78 is 10.8. The molecule has 0 radical (unpaired) electrons. The molecule has 1 aromatic heterocycles. The van der Waals surface area contributed by atoms with Gasteiger partial charge in [0.2, 0.25) is 0 Å². The van der Waals surface area contributed by atoms with Gasteiger partial charge in [-0.2, -0.15) is 0 Å². The van der Waals surface area contributed by atoms with Crippen LogP contribution in [-0.4, -0.2) is 24.2 Å². The first-order valence-corrected chi connectivity index (χ1v) is 7.33. The summed E-state index contributed by atoms with van der Waals surface area (Å²) in [5.41, 5.74) is 4.11. The molecule has 0 saturated carbocycles. The molecule has 23 heavy (non-hydrogen) atoms. The summed E-state index contributed by atoms with van der Waals surface area (Å²) in [4.78, 5) is 8.72. The highest BCUT2D eigenvalue weighted by atomic mass is 16.5. The maximum Gasteiger partial charge on any atom is 0.187 e. The molecule has 3 aromatic rings. The van der Waals surface area contributed by atoms with E-state index in [0.29, 0.717) is 17.0 Å². The second-order valence-corrected chi connectivity index (χ2v) is 5.42. The quantitative estimate of drug-likeness (QED) is 0.789. The largest absolute Gasteiger partial charge is 0.493 e. The Morgan fingerprint density at radius 1 is 0.913 bits per heavy atom. The summed E-state index contributed by atoms with van der Waals surface area (Å²) in [5.74, 6) is 1.99. The Hall–Kier alpha value is -2.82. The lowest BCUT2D eigenvalue weighted by molar-refractivity contribution is 0.358. The van der Waals surface area contributed by atoms with Gasteiger partial charge >= 0.3 is 0 Å². The van der Waals surface area contributed by atoms with E-state index in [0.717, 1.165) is 16.9 Å². The van der Waals surface area contributed by atoms with Crippen LogP contribution in [-0.2, 0) is 0 Å². The van der Waals surface area contributed by atoms with E-state index in [1.807, 2.05) is 12.1 Å². The van der Waals surface area contributed by atoms with Gasteiger partial charge in [0.15, 0.2) is 11.5 Å². The molecule has 118 valence electrons. The third-order valence-corrected chi connectivity index (χ3v) is 3.63.